The number of hydrogen-bond donors (Lipinski definition) is 1. The van der Waals surface area contributed by atoms with Crippen molar-refractivity contribution in [1.29, 1.82) is 0 Å². The van der Waals surface area contributed by atoms with Crippen LogP contribution >= 0.6 is 0 Å². The minimum absolute atomic E-state index is 0.0182. The number of nitrogens with one attached hydrogen (secondary N) is 1. The SMILES string of the molecule is CCCNc1cccc(C(=O)N(C)C2CCN(C)CC2)n1. The average Bonchev–Trinajstić information content (AvgIpc) is 2.52. The molecule has 0 atom stereocenters. The van der Waals surface area contributed by atoms with Gasteiger partial charge in [-0.1, -0.05) is 13.0 Å². The summed E-state index contributed by atoms with van der Waals surface area (Å²) < 4.78 is 0. The number of nitrogens with zero attached hydrogens (tertiary/aromatic N) is 3. The Kier molecular flexibility index (Phi) is 5.56. The van der Waals surface area contributed by atoms with E-state index in [1.807, 2.05) is 24.1 Å². The van der Waals surface area contributed by atoms with Gasteiger partial charge in [0.15, 0.2) is 0 Å². The van der Waals surface area contributed by atoms with E-state index in [2.05, 4.69) is 29.2 Å². The molecule has 1 fully saturated rings. The van der Waals surface area contributed by atoms with Gasteiger partial charge in [-0.15, -0.1) is 0 Å². The van der Waals surface area contributed by atoms with Crippen LogP contribution in [0, 0.1) is 0 Å². The first-order valence-corrected chi connectivity index (χ1v) is 7.78. The molecule has 0 bridgehead atoms. The summed E-state index contributed by atoms with van der Waals surface area (Å²) in [6.07, 6.45) is 3.11. The van der Waals surface area contributed by atoms with Gasteiger partial charge < -0.3 is 15.1 Å². The second kappa shape index (κ2) is 7.41. The molecule has 1 saturated heterocycles. The molecule has 1 aromatic heterocycles. The van der Waals surface area contributed by atoms with E-state index < -0.39 is 0 Å². The zero-order valence-electron chi connectivity index (χ0n) is 13.3. The standard InChI is InChI=1S/C16H26N4O/c1-4-10-17-15-7-5-6-14(18-15)16(21)20(3)13-8-11-19(2)12-9-13/h5-7,13H,4,8-12H2,1-3H3,(H,17,18). The lowest BCUT2D eigenvalue weighted by molar-refractivity contribution is 0.0654. The molecule has 116 valence electrons. The number of rotatable bonds is 5. The molecule has 5 nitrogen and oxygen atoms in total. The zero-order valence-corrected chi connectivity index (χ0v) is 13.3. The van der Waals surface area contributed by atoms with E-state index in [1.54, 1.807) is 6.07 Å². The van der Waals surface area contributed by atoms with Gasteiger partial charge >= 0.3 is 0 Å². The maximum atomic E-state index is 12.6. The highest BCUT2D eigenvalue weighted by molar-refractivity contribution is 5.92. The molecule has 0 unspecified atom stereocenters. The monoisotopic (exact) mass is 290 g/mol. The van der Waals surface area contributed by atoms with Crippen molar-refractivity contribution < 1.29 is 4.79 Å². The molecular formula is C16H26N4O. The first-order chi connectivity index (χ1) is 10.1. The van der Waals surface area contributed by atoms with Gasteiger partial charge in [-0.3, -0.25) is 4.79 Å². The Morgan fingerprint density at radius 3 is 2.81 bits per heavy atom. The molecule has 0 spiro atoms. The number of likely N-dealkylation sites (tertiary alicyclic amines) is 1. The summed E-state index contributed by atoms with van der Waals surface area (Å²) >= 11 is 0. The average molecular weight is 290 g/mol. The molecule has 2 heterocycles. The van der Waals surface area contributed by atoms with Crippen LogP contribution in [0.25, 0.3) is 0 Å². The smallest absolute Gasteiger partial charge is 0.272 e. The van der Waals surface area contributed by atoms with Crippen molar-refractivity contribution in [2.75, 3.05) is 39.0 Å². The third-order valence-corrected chi connectivity index (χ3v) is 4.08. The second-order valence-corrected chi connectivity index (χ2v) is 5.79. The van der Waals surface area contributed by atoms with Crippen molar-refractivity contribution in [1.82, 2.24) is 14.8 Å². The summed E-state index contributed by atoms with van der Waals surface area (Å²) in [6.45, 7) is 5.08. The fourth-order valence-electron chi connectivity index (χ4n) is 2.63. The van der Waals surface area contributed by atoms with Gasteiger partial charge in [0, 0.05) is 19.6 Å². The molecule has 5 heteroatoms. The van der Waals surface area contributed by atoms with E-state index >= 15 is 0 Å². The van der Waals surface area contributed by atoms with Crippen LogP contribution in [0.15, 0.2) is 18.2 Å². The molecular weight excluding hydrogens is 264 g/mol. The highest BCUT2D eigenvalue weighted by Crippen LogP contribution is 2.16. The number of carbonyl (C=O) groups is 1. The van der Waals surface area contributed by atoms with Gasteiger partial charge in [0.25, 0.3) is 5.91 Å². The van der Waals surface area contributed by atoms with Gasteiger partial charge in [0.2, 0.25) is 0 Å². The van der Waals surface area contributed by atoms with Crippen LogP contribution in [-0.4, -0.2) is 60.5 Å². The molecule has 0 aliphatic carbocycles. The van der Waals surface area contributed by atoms with Crippen molar-refractivity contribution in [3.8, 4) is 0 Å². The van der Waals surface area contributed by atoms with E-state index in [-0.39, 0.29) is 5.91 Å². The van der Waals surface area contributed by atoms with Gasteiger partial charge in [-0.05, 0) is 51.5 Å². The van der Waals surface area contributed by atoms with E-state index in [9.17, 15) is 4.79 Å². The molecule has 21 heavy (non-hydrogen) atoms. The fraction of sp³-hybridized carbons (Fsp3) is 0.625. The topological polar surface area (TPSA) is 48.5 Å². The molecule has 1 aromatic rings. The molecule has 1 N–H and O–H groups in total. The Balaban J connectivity index is 2.01. The number of carbonyl (C=O) groups excluding carboxylic acids is 1. The maximum Gasteiger partial charge on any atom is 0.272 e. The third-order valence-electron chi connectivity index (χ3n) is 4.08. The minimum Gasteiger partial charge on any atom is -0.370 e. The summed E-state index contributed by atoms with van der Waals surface area (Å²) in [7, 11) is 4.02. The van der Waals surface area contributed by atoms with Crippen molar-refractivity contribution in [3.63, 3.8) is 0 Å². The second-order valence-electron chi connectivity index (χ2n) is 5.79. The zero-order chi connectivity index (χ0) is 15.2. The Bertz CT molecular complexity index is 469. The molecule has 1 aliphatic heterocycles. The Hall–Kier alpha value is -1.62. The summed E-state index contributed by atoms with van der Waals surface area (Å²) in [5.74, 6) is 0.796. The van der Waals surface area contributed by atoms with E-state index in [4.69, 9.17) is 0 Å². The largest absolute Gasteiger partial charge is 0.370 e. The molecule has 2 rings (SSSR count). The van der Waals surface area contributed by atoms with Gasteiger partial charge in [0.05, 0.1) is 0 Å². The highest BCUT2D eigenvalue weighted by Gasteiger charge is 2.25. The summed E-state index contributed by atoms with van der Waals surface area (Å²) in [5, 5.41) is 3.23. The molecule has 1 amide bonds. The van der Waals surface area contributed by atoms with Crippen LogP contribution in [0.1, 0.15) is 36.7 Å². The van der Waals surface area contributed by atoms with Crippen LogP contribution in [0.5, 0.6) is 0 Å². The number of piperidine rings is 1. The van der Waals surface area contributed by atoms with Crippen LogP contribution in [0.2, 0.25) is 0 Å². The number of pyridine rings is 1. The predicted molar refractivity (Wildman–Crippen MR) is 85.6 cm³/mol. The van der Waals surface area contributed by atoms with Crippen molar-refractivity contribution in [2.24, 2.45) is 0 Å². The number of anilines is 1. The van der Waals surface area contributed by atoms with Crippen molar-refractivity contribution in [2.45, 2.75) is 32.2 Å². The fourth-order valence-corrected chi connectivity index (χ4v) is 2.63. The van der Waals surface area contributed by atoms with Gasteiger partial charge in [-0.25, -0.2) is 4.98 Å². The molecule has 0 radical (unpaired) electrons. The Labute approximate surface area is 127 Å². The first-order valence-electron chi connectivity index (χ1n) is 7.78. The normalized spacial score (nSPS) is 16.7. The van der Waals surface area contributed by atoms with Crippen molar-refractivity contribution >= 4 is 11.7 Å². The first kappa shape index (κ1) is 15.8. The van der Waals surface area contributed by atoms with E-state index in [0.29, 0.717) is 11.7 Å². The lowest BCUT2D eigenvalue weighted by atomic mass is 10.0. The summed E-state index contributed by atoms with van der Waals surface area (Å²) in [5.41, 5.74) is 0.525. The van der Waals surface area contributed by atoms with Crippen LogP contribution in [0.3, 0.4) is 0 Å². The summed E-state index contributed by atoms with van der Waals surface area (Å²) in [6, 6.07) is 5.91. The molecule has 0 aromatic carbocycles. The van der Waals surface area contributed by atoms with Crippen LogP contribution in [0.4, 0.5) is 5.82 Å². The number of amides is 1. The highest BCUT2D eigenvalue weighted by atomic mass is 16.2. The Morgan fingerprint density at radius 2 is 2.14 bits per heavy atom. The lowest BCUT2D eigenvalue weighted by Crippen LogP contribution is -2.44. The quantitative estimate of drug-likeness (QED) is 0.902. The van der Waals surface area contributed by atoms with Crippen molar-refractivity contribution in [3.05, 3.63) is 23.9 Å². The maximum absolute atomic E-state index is 12.6. The third kappa shape index (κ3) is 4.17. The predicted octanol–water partition coefficient (Wildman–Crippen LogP) is 2.07. The van der Waals surface area contributed by atoms with E-state index in [1.165, 1.54) is 0 Å². The summed E-state index contributed by atoms with van der Waals surface area (Å²) in [4.78, 5) is 21.2. The van der Waals surface area contributed by atoms with E-state index in [0.717, 1.165) is 44.7 Å². The Morgan fingerprint density at radius 1 is 1.43 bits per heavy atom. The minimum atomic E-state index is 0.0182. The number of hydrogen-bond acceptors (Lipinski definition) is 4. The molecule has 0 saturated carbocycles. The number of aromatic nitrogens is 1. The molecule has 1 aliphatic rings. The lowest BCUT2D eigenvalue weighted by Gasteiger charge is -2.35. The van der Waals surface area contributed by atoms with Gasteiger partial charge in [-0.2, -0.15) is 0 Å². The van der Waals surface area contributed by atoms with Crippen LogP contribution < -0.4 is 5.32 Å². The van der Waals surface area contributed by atoms with Gasteiger partial charge in [0.1, 0.15) is 11.5 Å². The van der Waals surface area contributed by atoms with Crippen LogP contribution in [-0.2, 0) is 0 Å².